The fourth-order valence-electron chi connectivity index (χ4n) is 1.80. The summed E-state index contributed by atoms with van der Waals surface area (Å²) in [6, 6.07) is 7.40. The van der Waals surface area contributed by atoms with Gasteiger partial charge in [0.15, 0.2) is 0 Å². The molecule has 0 saturated carbocycles. The van der Waals surface area contributed by atoms with Crippen molar-refractivity contribution in [3.8, 4) is 0 Å². The number of alkyl halides is 3. The van der Waals surface area contributed by atoms with Crippen molar-refractivity contribution in [2.75, 3.05) is 0 Å². The van der Waals surface area contributed by atoms with Gasteiger partial charge in [-0.25, -0.2) is 0 Å². The second kappa shape index (κ2) is 6.06. The average molecular weight is 325 g/mol. The highest BCUT2D eigenvalue weighted by Crippen LogP contribution is 2.26. The van der Waals surface area contributed by atoms with Crippen LogP contribution >= 0.6 is 15.9 Å². The predicted octanol–water partition coefficient (Wildman–Crippen LogP) is 4.48. The van der Waals surface area contributed by atoms with Gasteiger partial charge in [0.2, 0.25) is 0 Å². The lowest BCUT2D eigenvalue weighted by atomic mass is 9.91. The first-order chi connectivity index (χ1) is 8.18. The smallest absolute Gasteiger partial charge is 0.389 e. The van der Waals surface area contributed by atoms with Crippen LogP contribution in [0.15, 0.2) is 28.7 Å². The van der Waals surface area contributed by atoms with Crippen molar-refractivity contribution in [1.29, 1.82) is 0 Å². The Labute approximate surface area is 113 Å². The van der Waals surface area contributed by atoms with Gasteiger partial charge in [0.05, 0.1) is 5.60 Å². The number of aliphatic hydroxyl groups is 1. The zero-order valence-electron chi connectivity index (χ0n) is 10.1. The molecule has 1 nitrogen and oxygen atoms in total. The lowest BCUT2D eigenvalue weighted by Gasteiger charge is -2.23. The van der Waals surface area contributed by atoms with Gasteiger partial charge in [-0.05, 0) is 37.5 Å². The number of rotatable bonds is 5. The Morgan fingerprint density at radius 1 is 1.11 bits per heavy atom. The maximum Gasteiger partial charge on any atom is 0.389 e. The van der Waals surface area contributed by atoms with Crippen LogP contribution in [0.4, 0.5) is 13.2 Å². The Balaban J connectivity index is 2.46. The van der Waals surface area contributed by atoms with E-state index in [4.69, 9.17) is 0 Å². The average Bonchev–Trinajstić information content (AvgIpc) is 2.18. The van der Waals surface area contributed by atoms with Crippen molar-refractivity contribution in [2.24, 2.45) is 0 Å². The molecule has 1 N–H and O–H groups in total. The summed E-state index contributed by atoms with van der Waals surface area (Å²) in [6.07, 6.45) is -4.54. The van der Waals surface area contributed by atoms with Crippen molar-refractivity contribution < 1.29 is 18.3 Å². The molecular formula is C13H16BrF3O. The highest BCUT2D eigenvalue weighted by molar-refractivity contribution is 9.10. The highest BCUT2D eigenvalue weighted by atomic mass is 79.9. The summed E-state index contributed by atoms with van der Waals surface area (Å²) in [5, 5.41) is 10.1. The van der Waals surface area contributed by atoms with Crippen molar-refractivity contribution >= 4 is 15.9 Å². The molecule has 1 aromatic rings. The molecule has 1 aromatic carbocycles. The largest absolute Gasteiger partial charge is 0.390 e. The molecule has 1 unspecified atom stereocenters. The first-order valence-electron chi connectivity index (χ1n) is 5.72. The topological polar surface area (TPSA) is 20.2 Å². The molecule has 0 bridgehead atoms. The molecule has 18 heavy (non-hydrogen) atoms. The van der Waals surface area contributed by atoms with Gasteiger partial charge >= 0.3 is 6.18 Å². The lowest BCUT2D eigenvalue weighted by Crippen LogP contribution is -2.27. The molecule has 0 fully saturated rings. The lowest BCUT2D eigenvalue weighted by molar-refractivity contribution is -0.137. The Hall–Kier alpha value is -0.550. The van der Waals surface area contributed by atoms with E-state index in [1.807, 2.05) is 24.3 Å². The van der Waals surface area contributed by atoms with Gasteiger partial charge in [-0.2, -0.15) is 13.2 Å². The van der Waals surface area contributed by atoms with E-state index >= 15 is 0 Å². The van der Waals surface area contributed by atoms with Gasteiger partial charge < -0.3 is 5.11 Å². The van der Waals surface area contributed by atoms with Gasteiger partial charge in [-0.3, -0.25) is 0 Å². The fourth-order valence-corrected chi connectivity index (χ4v) is 2.06. The summed E-state index contributed by atoms with van der Waals surface area (Å²) in [7, 11) is 0. The van der Waals surface area contributed by atoms with E-state index in [0.29, 0.717) is 6.42 Å². The summed E-state index contributed by atoms with van der Waals surface area (Å²) in [6.45, 7) is 1.57. The van der Waals surface area contributed by atoms with Crippen LogP contribution in [0.3, 0.4) is 0 Å². The van der Waals surface area contributed by atoms with Crippen LogP contribution in [0, 0.1) is 0 Å². The van der Waals surface area contributed by atoms with Gasteiger partial charge in [-0.1, -0.05) is 28.1 Å². The van der Waals surface area contributed by atoms with E-state index in [0.717, 1.165) is 10.0 Å². The number of benzene rings is 1. The van der Waals surface area contributed by atoms with Gasteiger partial charge in [-0.15, -0.1) is 0 Å². The first-order valence-corrected chi connectivity index (χ1v) is 6.51. The third kappa shape index (κ3) is 6.40. The zero-order chi connectivity index (χ0) is 13.8. The number of hydrogen-bond donors (Lipinski definition) is 1. The predicted molar refractivity (Wildman–Crippen MR) is 68.4 cm³/mol. The maximum absolute atomic E-state index is 12.0. The van der Waals surface area contributed by atoms with Crippen molar-refractivity contribution in [3.63, 3.8) is 0 Å². The van der Waals surface area contributed by atoms with Crippen molar-refractivity contribution in [1.82, 2.24) is 0 Å². The fraction of sp³-hybridized carbons (Fsp3) is 0.538. The Kier molecular flexibility index (Phi) is 5.22. The van der Waals surface area contributed by atoms with Crippen LogP contribution in [-0.4, -0.2) is 16.9 Å². The van der Waals surface area contributed by atoms with Crippen molar-refractivity contribution in [3.05, 3.63) is 34.3 Å². The molecule has 1 atom stereocenters. The van der Waals surface area contributed by atoms with E-state index in [2.05, 4.69) is 15.9 Å². The summed E-state index contributed by atoms with van der Waals surface area (Å²) < 4.78 is 37.0. The van der Waals surface area contributed by atoms with Crippen LogP contribution in [0.5, 0.6) is 0 Å². The molecule has 102 valence electrons. The molecule has 0 saturated heterocycles. The molecule has 0 heterocycles. The third-order valence-electron chi connectivity index (χ3n) is 2.67. The second-order valence-electron chi connectivity index (χ2n) is 4.77. The Bertz CT molecular complexity index is 371. The summed E-state index contributed by atoms with van der Waals surface area (Å²) in [4.78, 5) is 0. The van der Waals surface area contributed by atoms with E-state index in [1.165, 1.54) is 0 Å². The van der Waals surface area contributed by atoms with E-state index in [-0.39, 0.29) is 12.8 Å². The van der Waals surface area contributed by atoms with Gasteiger partial charge in [0.1, 0.15) is 0 Å². The normalized spacial score (nSPS) is 15.4. The molecule has 0 aromatic heterocycles. The molecule has 1 rings (SSSR count). The minimum Gasteiger partial charge on any atom is -0.390 e. The van der Waals surface area contributed by atoms with Crippen LogP contribution < -0.4 is 0 Å². The third-order valence-corrected chi connectivity index (χ3v) is 3.20. The maximum atomic E-state index is 12.0. The molecular weight excluding hydrogens is 309 g/mol. The van der Waals surface area contributed by atoms with Gasteiger partial charge in [0.25, 0.3) is 0 Å². The van der Waals surface area contributed by atoms with Crippen molar-refractivity contribution in [2.45, 2.75) is 44.4 Å². The highest BCUT2D eigenvalue weighted by Gasteiger charge is 2.29. The first kappa shape index (κ1) is 15.5. The van der Waals surface area contributed by atoms with E-state index in [9.17, 15) is 18.3 Å². The summed E-state index contributed by atoms with van der Waals surface area (Å²) >= 11 is 3.30. The van der Waals surface area contributed by atoms with Crippen LogP contribution in [0.1, 0.15) is 31.7 Å². The van der Waals surface area contributed by atoms with Gasteiger partial charge in [0, 0.05) is 17.3 Å². The van der Waals surface area contributed by atoms with E-state index < -0.39 is 18.2 Å². The zero-order valence-corrected chi connectivity index (χ0v) is 11.7. The molecule has 0 aliphatic heterocycles. The quantitative estimate of drug-likeness (QED) is 0.846. The molecule has 0 amide bonds. The molecule has 0 aliphatic carbocycles. The number of halogens is 4. The SMILES string of the molecule is CC(O)(CCCC(F)(F)F)Cc1ccc(Br)cc1. The summed E-state index contributed by atoms with van der Waals surface area (Å²) in [5.41, 5.74) is -0.186. The van der Waals surface area contributed by atoms with E-state index in [1.54, 1.807) is 6.92 Å². The second-order valence-corrected chi connectivity index (χ2v) is 5.68. The number of hydrogen-bond acceptors (Lipinski definition) is 1. The van der Waals surface area contributed by atoms with Crippen LogP contribution in [-0.2, 0) is 6.42 Å². The monoisotopic (exact) mass is 324 g/mol. The minimum atomic E-state index is -4.15. The molecule has 0 radical (unpaired) electrons. The van der Waals surface area contributed by atoms with Crippen LogP contribution in [0.25, 0.3) is 0 Å². The Morgan fingerprint density at radius 2 is 1.67 bits per heavy atom. The molecule has 0 spiro atoms. The van der Waals surface area contributed by atoms with Crippen LogP contribution in [0.2, 0.25) is 0 Å². The molecule has 0 aliphatic rings. The standard InChI is InChI=1S/C13H16BrF3O/c1-12(18,7-2-8-13(15,16)17)9-10-3-5-11(14)6-4-10/h3-6,18H,2,7-9H2,1H3. The summed E-state index contributed by atoms with van der Waals surface area (Å²) in [5.74, 6) is 0. The minimum absolute atomic E-state index is 0.0486. The Morgan fingerprint density at radius 3 is 2.17 bits per heavy atom. The molecule has 5 heteroatoms.